The minimum atomic E-state index is -0.115. The largest absolute Gasteiger partial charge is 0.371 e. The third-order valence-electron chi connectivity index (χ3n) is 3.31. The van der Waals surface area contributed by atoms with Gasteiger partial charge in [0.05, 0.1) is 0 Å². The van der Waals surface area contributed by atoms with E-state index in [1.807, 2.05) is 19.1 Å². The van der Waals surface area contributed by atoms with Gasteiger partial charge in [0.25, 0.3) is 0 Å². The fourth-order valence-corrected chi connectivity index (χ4v) is 2.34. The van der Waals surface area contributed by atoms with Crippen molar-refractivity contribution in [2.45, 2.75) is 20.3 Å². The summed E-state index contributed by atoms with van der Waals surface area (Å²) in [6, 6.07) is 5.42. The molecule has 0 bridgehead atoms. The first kappa shape index (κ1) is 12.4. The summed E-state index contributed by atoms with van der Waals surface area (Å²) in [5.41, 5.74) is 1.88. The summed E-state index contributed by atoms with van der Waals surface area (Å²) >= 11 is 0. The predicted octanol–water partition coefficient (Wildman–Crippen LogP) is 2.57. The summed E-state index contributed by atoms with van der Waals surface area (Å²) < 4.78 is 13.3. The first-order valence-electron chi connectivity index (χ1n) is 6.38. The normalized spacial score (nSPS) is 22.1. The minimum Gasteiger partial charge on any atom is -0.371 e. The van der Waals surface area contributed by atoms with E-state index in [4.69, 9.17) is 0 Å². The monoisotopic (exact) mass is 236 g/mol. The Kier molecular flexibility index (Phi) is 4.00. The van der Waals surface area contributed by atoms with Crippen LogP contribution in [0.25, 0.3) is 0 Å². The van der Waals surface area contributed by atoms with Crippen molar-refractivity contribution in [1.82, 2.24) is 5.32 Å². The Bertz CT molecular complexity index is 378. The topological polar surface area (TPSA) is 15.3 Å². The maximum Gasteiger partial charge on any atom is 0.126 e. The summed E-state index contributed by atoms with van der Waals surface area (Å²) in [5.74, 6) is 0.510. The molecule has 0 amide bonds. The lowest BCUT2D eigenvalue weighted by Crippen LogP contribution is -2.38. The molecule has 1 fully saturated rings. The van der Waals surface area contributed by atoms with Crippen LogP contribution in [0.2, 0.25) is 0 Å². The smallest absolute Gasteiger partial charge is 0.126 e. The van der Waals surface area contributed by atoms with Gasteiger partial charge in [-0.25, -0.2) is 4.39 Å². The third-order valence-corrected chi connectivity index (χ3v) is 3.31. The van der Waals surface area contributed by atoms with E-state index < -0.39 is 0 Å². The number of rotatable bonds is 1. The molecule has 1 saturated heterocycles. The van der Waals surface area contributed by atoms with E-state index in [0.29, 0.717) is 5.92 Å². The highest BCUT2D eigenvalue weighted by atomic mass is 19.1. The van der Waals surface area contributed by atoms with Crippen LogP contribution in [0.4, 0.5) is 10.1 Å². The van der Waals surface area contributed by atoms with Crippen LogP contribution in [0.5, 0.6) is 0 Å². The molecule has 0 aliphatic carbocycles. The molecular weight excluding hydrogens is 215 g/mol. The van der Waals surface area contributed by atoms with Crippen LogP contribution in [-0.4, -0.2) is 26.2 Å². The van der Waals surface area contributed by atoms with Gasteiger partial charge in [-0.3, -0.25) is 0 Å². The van der Waals surface area contributed by atoms with Gasteiger partial charge in [-0.1, -0.05) is 6.92 Å². The van der Waals surface area contributed by atoms with Gasteiger partial charge < -0.3 is 10.2 Å². The van der Waals surface area contributed by atoms with Crippen LogP contribution in [0.1, 0.15) is 18.9 Å². The Morgan fingerprint density at radius 3 is 3.00 bits per heavy atom. The molecule has 1 unspecified atom stereocenters. The first-order valence-corrected chi connectivity index (χ1v) is 6.38. The fourth-order valence-electron chi connectivity index (χ4n) is 2.34. The van der Waals surface area contributed by atoms with Crippen LogP contribution in [0, 0.1) is 18.7 Å². The van der Waals surface area contributed by atoms with Crippen molar-refractivity contribution in [2.24, 2.45) is 5.92 Å². The minimum absolute atomic E-state index is 0.115. The standard InChI is InChI=1S/C14H21FN2/c1-11-9-16-6-3-7-17(10-11)13-4-5-14(15)12(2)8-13/h4-5,8,11,16H,3,6-7,9-10H2,1-2H3. The van der Waals surface area contributed by atoms with Crippen LogP contribution in [-0.2, 0) is 0 Å². The van der Waals surface area contributed by atoms with E-state index in [0.717, 1.165) is 43.9 Å². The Morgan fingerprint density at radius 1 is 1.41 bits per heavy atom. The number of aryl methyl sites for hydroxylation is 1. The van der Waals surface area contributed by atoms with E-state index in [1.165, 1.54) is 0 Å². The van der Waals surface area contributed by atoms with Gasteiger partial charge in [-0.05, 0) is 56.1 Å². The highest BCUT2D eigenvalue weighted by molar-refractivity contribution is 5.48. The number of nitrogens with zero attached hydrogens (tertiary/aromatic N) is 1. The molecular formula is C14H21FN2. The molecule has 94 valence electrons. The molecule has 1 aliphatic heterocycles. The van der Waals surface area contributed by atoms with Gasteiger partial charge >= 0.3 is 0 Å². The summed E-state index contributed by atoms with van der Waals surface area (Å²) in [6.07, 6.45) is 1.14. The molecule has 3 heteroatoms. The van der Waals surface area contributed by atoms with Gasteiger partial charge in [-0.2, -0.15) is 0 Å². The van der Waals surface area contributed by atoms with Crippen molar-refractivity contribution < 1.29 is 4.39 Å². The van der Waals surface area contributed by atoms with E-state index in [1.54, 1.807) is 6.07 Å². The van der Waals surface area contributed by atoms with Gasteiger partial charge in [0.2, 0.25) is 0 Å². The molecule has 1 heterocycles. The molecule has 1 aromatic rings. The van der Waals surface area contributed by atoms with Crippen LogP contribution in [0.3, 0.4) is 0 Å². The number of nitrogens with one attached hydrogen (secondary N) is 1. The molecule has 1 atom stereocenters. The molecule has 0 saturated carbocycles. The lowest BCUT2D eigenvalue weighted by molar-refractivity contribution is 0.468. The Labute approximate surface area is 103 Å². The SMILES string of the molecule is Cc1cc(N2CCCNCC(C)C2)ccc1F. The summed E-state index contributed by atoms with van der Waals surface area (Å²) in [5, 5.41) is 3.44. The zero-order valence-corrected chi connectivity index (χ0v) is 10.7. The molecule has 1 N–H and O–H groups in total. The lowest BCUT2D eigenvalue weighted by atomic mass is 10.1. The Balaban J connectivity index is 2.15. The van der Waals surface area contributed by atoms with Crippen LogP contribution in [0.15, 0.2) is 18.2 Å². The molecule has 0 spiro atoms. The predicted molar refractivity (Wildman–Crippen MR) is 70.0 cm³/mol. The number of benzene rings is 1. The maximum atomic E-state index is 13.3. The van der Waals surface area contributed by atoms with Crippen LogP contribution < -0.4 is 10.2 Å². The molecule has 1 aromatic carbocycles. The Morgan fingerprint density at radius 2 is 2.24 bits per heavy atom. The maximum absolute atomic E-state index is 13.3. The molecule has 2 rings (SSSR count). The highest BCUT2D eigenvalue weighted by Gasteiger charge is 2.14. The third kappa shape index (κ3) is 3.19. The van der Waals surface area contributed by atoms with E-state index in [9.17, 15) is 4.39 Å². The van der Waals surface area contributed by atoms with Gasteiger partial charge in [-0.15, -0.1) is 0 Å². The van der Waals surface area contributed by atoms with Gasteiger partial charge in [0, 0.05) is 18.8 Å². The van der Waals surface area contributed by atoms with Crippen molar-refractivity contribution >= 4 is 5.69 Å². The zero-order valence-electron chi connectivity index (χ0n) is 10.7. The first-order chi connectivity index (χ1) is 8.16. The van der Waals surface area contributed by atoms with Crippen molar-refractivity contribution in [3.8, 4) is 0 Å². The molecule has 0 radical (unpaired) electrons. The van der Waals surface area contributed by atoms with Gasteiger partial charge in [0.1, 0.15) is 5.82 Å². The number of hydrogen-bond acceptors (Lipinski definition) is 2. The van der Waals surface area contributed by atoms with Crippen molar-refractivity contribution in [1.29, 1.82) is 0 Å². The fraction of sp³-hybridized carbons (Fsp3) is 0.571. The molecule has 17 heavy (non-hydrogen) atoms. The zero-order chi connectivity index (χ0) is 12.3. The molecule has 2 nitrogen and oxygen atoms in total. The molecule has 0 aromatic heterocycles. The van der Waals surface area contributed by atoms with Crippen molar-refractivity contribution in [3.63, 3.8) is 0 Å². The summed E-state index contributed by atoms with van der Waals surface area (Å²) in [7, 11) is 0. The van der Waals surface area contributed by atoms with Gasteiger partial charge in [0.15, 0.2) is 0 Å². The number of anilines is 1. The van der Waals surface area contributed by atoms with Crippen LogP contribution >= 0.6 is 0 Å². The number of halogens is 1. The average molecular weight is 236 g/mol. The lowest BCUT2D eigenvalue weighted by Gasteiger charge is -2.30. The van der Waals surface area contributed by atoms with E-state index in [-0.39, 0.29) is 5.82 Å². The molecule has 1 aliphatic rings. The highest BCUT2D eigenvalue weighted by Crippen LogP contribution is 2.20. The quantitative estimate of drug-likeness (QED) is 0.806. The second-order valence-corrected chi connectivity index (χ2v) is 5.04. The summed E-state index contributed by atoms with van der Waals surface area (Å²) in [4.78, 5) is 2.37. The second kappa shape index (κ2) is 5.50. The summed E-state index contributed by atoms with van der Waals surface area (Å²) in [6.45, 7) is 8.30. The number of hydrogen-bond donors (Lipinski definition) is 1. The van der Waals surface area contributed by atoms with Crippen molar-refractivity contribution in [2.75, 3.05) is 31.1 Å². The van der Waals surface area contributed by atoms with E-state index >= 15 is 0 Å². The van der Waals surface area contributed by atoms with Crippen molar-refractivity contribution in [3.05, 3.63) is 29.6 Å². The van der Waals surface area contributed by atoms with E-state index in [2.05, 4.69) is 17.1 Å². The second-order valence-electron chi connectivity index (χ2n) is 5.04. The Hall–Kier alpha value is -1.09. The average Bonchev–Trinajstić information content (AvgIpc) is 2.27.